The summed E-state index contributed by atoms with van der Waals surface area (Å²) in [5.74, 6) is 1.24. The van der Waals surface area contributed by atoms with E-state index >= 15 is 0 Å². The summed E-state index contributed by atoms with van der Waals surface area (Å²) in [6.07, 6.45) is 4.25. The first-order valence-electron chi connectivity index (χ1n) is 11.7. The standard InChI is InChI=1S/C25H35N3O5/c1-4-27(5-2)13-15-33-22-7-6-19(16-23(22)31-3)17-26-24(29)20-8-11-28(12-9-20)25(30)21-10-14-32-18-21/h6-7,10,14,16,18,20H,4-5,8-9,11-13,15,17H2,1-3H3,(H,26,29). The van der Waals surface area contributed by atoms with Gasteiger partial charge in [0.25, 0.3) is 5.91 Å². The minimum absolute atomic E-state index is 0.0175. The van der Waals surface area contributed by atoms with Gasteiger partial charge in [0.15, 0.2) is 11.5 Å². The Bertz CT molecular complexity index is 887. The number of nitrogens with one attached hydrogen (secondary N) is 1. The molecule has 33 heavy (non-hydrogen) atoms. The molecular weight excluding hydrogens is 422 g/mol. The van der Waals surface area contributed by atoms with Crippen molar-refractivity contribution in [2.45, 2.75) is 33.2 Å². The van der Waals surface area contributed by atoms with Gasteiger partial charge in [-0.2, -0.15) is 0 Å². The topological polar surface area (TPSA) is 84.3 Å². The fourth-order valence-corrected chi connectivity index (χ4v) is 4.01. The summed E-state index contributed by atoms with van der Waals surface area (Å²) in [6, 6.07) is 7.40. The largest absolute Gasteiger partial charge is 0.493 e. The monoisotopic (exact) mass is 457 g/mol. The van der Waals surface area contributed by atoms with Crippen LogP contribution >= 0.6 is 0 Å². The summed E-state index contributed by atoms with van der Waals surface area (Å²) in [5.41, 5.74) is 1.50. The van der Waals surface area contributed by atoms with Crippen molar-refractivity contribution >= 4 is 11.8 Å². The number of hydrogen-bond donors (Lipinski definition) is 1. The van der Waals surface area contributed by atoms with Crippen LogP contribution in [0.4, 0.5) is 0 Å². The Morgan fingerprint density at radius 2 is 1.91 bits per heavy atom. The average Bonchev–Trinajstić information content (AvgIpc) is 3.40. The number of ether oxygens (including phenoxy) is 2. The van der Waals surface area contributed by atoms with Crippen LogP contribution in [0, 0.1) is 5.92 Å². The van der Waals surface area contributed by atoms with E-state index in [1.165, 1.54) is 12.5 Å². The highest BCUT2D eigenvalue weighted by Gasteiger charge is 2.28. The number of piperidine rings is 1. The molecule has 1 fully saturated rings. The number of nitrogens with zero attached hydrogens (tertiary/aromatic N) is 2. The first kappa shape index (κ1) is 24.6. The summed E-state index contributed by atoms with van der Waals surface area (Å²) < 4.78 is 16.4. The van der Waals surface area contributed by atoms with Crippen LogP contribution < -0.4 is 14.8 Å². The molecule has 0 bridgehead atoms. The molecule has 1 aliphatic rings. The molecule has 1 aromatic carbocycles. The quantitative estimate of drug-likeness (QED) is 0.558. The summed E-state index contributed by atoms with van der Waals surface area (Å²) in [5, 5.41) is 3.02. The molecule has 1 aromatic heterocycles. The van der Waals surface area contributed by atoms with Gasteiger partial charge in [0.1, 0.15) is 12.9 Å². The third-order valence-electron chi connectivity index (χ3n) is 6.18. The highest BCUT2D eigenvalue weighted by molar-refractivity contribution is 5.94. The molecule has 3 rings (SSSR count). The minimum Gasteiger partial charge on any atom is -0.493 e. The van der Waals surface area contributed by atoms with E-state index in [0.29, 0.717) is 56.1 Å². The van der Waals surface area contributed by atoms with Gasteiger partial charge >= 0.3 is 0 Å². The van der Waals surface area contributed by atoms with E-state index in [1.54, 1.807) is 18.1 Å². The van der Waals surface area contributed by atoms with Crippen LogP contribution in [0.3, 0.4) is 0 Å². The van der Waals surface area contributed by atoms with Crippen molar-refractivity contribution in [2.24, 2.45) is 5.92 Å². The van der Waals surface area contributed by atoms with Gasteiger partial charge in [-0.05, 0) is 49.7 Å². The minimum atomic E-state index is -0.0945. The van der Waals surface area contributed by atoms with E-state index < -0.39 is 0 Å². The lowest BCUT2D eigenvalue weighted by Gasteiger charge is -2.31. The Labute approximate surface area is 195 Å². The zero-order chi connectivity index (χ0) is 23.6. The zero-order valence-electron chi connectivity index (χ0n) is 19.8. The number of benzene rings is 1. The molecule has 1 saturated heterocycles. The molecule has 0 saturated carbocycles. The molecule has 0 aliphatic carbocycles. The third-order valence-corrected chi connectivity index (χ3v) is 6.18. The van der Waals surface area contributed by atoms with Crippen LogP contribution in [-0.2, 0) is 11.3 Å². The van der Waals surface area contributed by atoms with E-state index in [0.717, 1.165) is 25.2 Å². The van der Waals surface area contributed by atoms with Crippen molar-refractivity contribution in [2.75, 3.05) is 46.4 Å². The van der Waals surface area contributed by atoms with Crippen LogP contribution in [-0.4, -0.2) is 68.1 Å². The molecule has 1 aliphatic heterocycles. The Morgan fingerprint density at radius 3 is 2.55 bits per heavy atom. The number of likely N-dealkylation sites (tertiary alicyclic amines) is 1. The van der Waals surface area contributed by atoms with Gasteiger partial charge in [0, 0.05) is 32.1 Å². The first-order chi connectivity index (χ1) is 16.0. The average molecular weight is 458 g/mol. The smallest absolute Gasteiger partial charge is 0.257 e. The molecule has 1 N–H and O–H groups in total. The first-order valence-corrected chi connectivity index (χ1v) is 11.7. The lowest BCUT2D eigenvalue weighted by molar-refractivity contribution is -0.126. The molecule has 2 aromatic rings. The second kappa shape index (κ2) is 12.3. The molecular formula is C25H35N3O5. The molecule has 0 unspecified atom stereocenters. The van der Waals surface area contributed by atoms with E-state index in [-0.39, 0.29) is 17.7 Å². The van der Waals surface area contributed by atoms with Gasteiger partial charge in [-0.3, -0.25) is 9.59 Å². The highest BCUT2D eigenvalue weighted by atomic mass is 16.5. The van der Waals surface area contributed by atoms with Crippen molar-refractivity contribution in [3.8, 4) is 11.5 Å². The van der Waals surface area contributed by atoms with Crippen molar-refractivity contribution < 1.29 is 23.5 Å². The maximum atomic E-state index is 12.7. The van der Waals surface area contributed by atoms with Crippen LogP contribution in [0.15, 0.2) is 41.2 Å². The lowest BCUT2D eigenvalue weighted by Crippen LogP contribution is -2.42. The van der Waals surface area contributed by atoms with Crippen molar-refractivity contribution in [3.63, 3.8) is 0 Å². The van der Waals surface area contributed by atoms with Gasteiger partial charge in [-0.25, -0.2) is 0 Å². The van der Waals surface area contributed by atoms with Crippen LogP contribution in [0.5, 0.6) is 11.5 Å². The predicted molar refractivity (Wildman–Crippen MR) is 125 cm³/mol. The van der Waals surface area contributed by atoms with E-state index in [4.69, 9.17) is 13.9 Å². The maximum absolute atomic E-state index is 12.7. The molecule has 8 nitrogen and oxygen atoms in total. The van der Waals surface area contributed by atoms with Crippen molar-refractivity contribution in [3.05, 3.63) is 47.9 Å². The number of carbonyl (C=O) groups is 2. The number of likely N-dealkylation sites (N-methyl/N-ethyl adjacent to an activating group) is 1. The van der Waals surface area contributed by atoms with Gasteiger partial charge < -0.3 is 29.0 Å². The van der Waals surface area contributed by atoms with E-state index in [2.05, 4.69) is 24.1 Å². The van der Waals surface area contributed by atoms with Crippen LogP contribution in [0.1, 0.15) is 42.6 Å². The Hall–Kier alpha value is -3.00. The maximum Gasteiger partial charge on any atom is 0.257 e. The molecule has 0 atom stereocenters. The summed E-state index contributed by atoms with van der Waals surface area (Å²) in [7, 11) is 1.62. The Kier molecular flexibility index (Phi) is 9.18. The Morgan fingerprint density at radius 1 is 1.15 bits per heavy atom. The number of amides is 2. The van der Waals surface area contributed by atoms with Crippen molar-refractivity contribution in [1.82, 2.24) is 15.1 Å². The molecule has 8 heteroatoms. The lowest BCUT2D eigenvalue weighted by atomic mass is 9.95. The molecule has 0 spiro atoms. The number of furan rings is 1. The number of carbonyl (C=O) groups excluding carboxylic acids is 2. The van der Waals surface area contributed by atoms with Crippen molar-refractivity contribution in [1.29, 1.82) is 0 Å². The Balaban J connectivity index is 1.45. The predicted octanol–water partition coefficient (Wildman–Crippen LogP) is 3.18. The highest BCUT2D eigenvalue weighted by Crippen LogP contribution is 2.28. The summed E-state index contributed by atoms with van der Waals surface area (Å²) in [4.78, 5) is 29.2. The SMILES string of the molecule is CCN(CC)CCOc1ccc(CNC(=O)C2CCN(C(=O)c3ccoc3)CC2)cc1OC. The summed E-state index contributed by atoms with van der Waals surface area (Å²) in [6.45, 7) is 9.27. The van der Waals surface area contributed by atoms with E-state index in [9.17, 15) is 9.59 Å². The number of methoxy groups -OCH3 is 1. The third kappa shape index (κ3) is 6.74. The van der Waals surface area contributed by atoms with Gasteiger partial charge in [-0.15, -0.1) is 0 Å². The van der Waals surface area contributed by atoms with Gasteiger partial charge in [-0.1, -0.05) is 19.9 Å². The second-order valence-electron chi connectivity index (χ2n) is 8.16. The fraction of sp³-hybridized carbons (Fsp3) is 0.520. The van der Waals surface area contributed by atoms with E-state index in [1.807, 2.05) is 18.2 Å². The molecule has 180 valence electrons. The zero-order valence-corrected chi connectivity index (χ0v) is 19.8. The second-order valence-corrected chi connectivity index (χ2v) is 8.16. The fourth-order valence-electron chi connectivity index (χ4n) is 4.01. The molecule has 2 heterocycles. The normalized spacial score (nSPS) is 14.4. The van der Waals surface area contributed by atoms with Crippen LogP contribution in [0.25, 0.3) is 0 Å². The summed E-state index contributed by atoms with van der Waals surface area (Å²) >= 11 is 0. The van der Waals surface area contributed by atoms with Crippen LogP contribution in [0.2, 0.25) is 0 Å². The molecule has 2 amide bonds. The number of hydrogen-bond acceptors (Lipinski definition) is 6. The molecule has 0 radical (unpaired) electrons. The van der Waals surface area contributed by atoms with Gasteiger partial charge in [0.05, 0.1) is 18.9 Å². The van der Waals surface area contributed by atoms with Gasteiger partial charge in [0.2, 0.25) is 5.91 Å². The number of rotatable bonds is 11.